The van der Waals surface area contributed by atoms with Crippen LogP contribution in [0.5, 0.6) is 5.75 Å². The number of nitrogens with one attached hydrogen (secondary N) is 1. The number of fused-ring (bicyclic) bond motifs is 1. The molecule has 0 radical (unpaired) electrons. The summed E-state index contributed by atoms with van der Waals surface area (Å²) in [7, 11) is 0. The maximum atomic E-state index is 12.4. The standard InChI is InChI=1S/C17H15F2N3O2/c1-11(12-3-2-4-14(9-12)24-17(18)19)21-16(23)13-5-6-15-20-7-8-22(15)10-13/h2-11,17H,1H3,(H,21,23). The Morgan fingerprint density at radius 1 is 1.29 bits per heavy atom. The van der Waals surface area contributed by atoms with Crippen molar-refractivity contribution in [2.45, 2.75) is 19.6 Å². The summed E-state index contributed by atoms with van der Waals surface area (Å²) in [5, 5.41) is 2.83. The van der Waals surface area contributed by atoms with E-state index in [9.17, 15) is 13.6 Å². The van der Waals surface area contributed by atoms with Gasteiger partial charge in [-0.25, -0.2) is 4.98 Å². The van der Waals surface area contributed by atoms with Crippen LogP contribution in [0.4, 0.5) is 8.78 Å². The Morgan fingerprint density at radius 3 is 2.92 bits per heavy atom. The summed E-state index contributed by atoms with van der Waals surface area (Å²) < 4.78 is 30.7. The van der Waals surface area contributed by atoms with Crippen LogP contribution in [0.15, 0.2) is 55.0 Å². The van der Waals surface area contributed by atoms with E-state index in [1.165, 1.54) is 12.1 Å². The van der Waals surface area contributed by atoms with Crippen molar-refractivity contribution in [1.29, 1.82) is 0 Å². The molecule has 1 amide bonds. The first-order valence-corrected chi connectivity index (χ1v) is 7.31. The van der Waals surface area contributed by atoms with Crippen molar-refractivity contribution in [2.24, 2.45) is 0 Å². The Bertz CT molecular complexity index is 864. The molecule has 0 aliphatic carbocycles. The second-order valence-corrected chi connectivity index (χ2v) is 5.26. The van der Waals surface area contributed by atoms with Crippen molar-refractivity contribution in [1.82, 2.24) is 14.7 Å². The van der Waals surface area contributed by atoms with Crippen molar-refractivity contribution in [2.75, 3.05) is 0 Å². The number of hydrogen-bond donors (Lipinski definition) is 1. The number of alkyl halides is 2. The van der Waals surface area contributed by atoms with Crippen molar-refractivity contribution >= 4 is 11.6 Å². The molecule has 0 saturated carbocycles. The van der Waals surface area contributed by atoms with Crippen LogP contribution in [-0.4, -0.2) is 21.9 Å². The summed E-state index contributed by atoms with van der Waals surface area (Å²) in [4.78, 5) is 16.5. The molecular weight excluding hydrogens is 316 g/mol. The summed E-state index contributed by atoms with van der Waals surface area (Å²) in [5.74, 6) is -0.207. The molecule has 24 heavy (non-hydrogen) atoms. The van der Waals surface area contributed by atoms with Gasteiger partial charge in [-0.15, -0.1) is 0 Å². The van der Waals surface area contributed by atoms with Crippen molar-refractivity contribution in [3.8, 4) is 5.75 Å². The van der Waals surface area contributed by atoms with Crippen LogP contribution in [-0.2, 0) is 0 Å². The van der Waals surface area contributed by atoms with Gasteiger partial charge in [-0.05, 0) is 36.8 Å². The van der Waals surface area contributed by atoms with Crippen molar-refractivity contribution < 1.29 is 18.3 Å². The van der Waals surface area contributed by atoms with E-state index in [0.717, 1.165) is 5.65 Å². The van der Waals surface area contributed by atoms with Gasteiger partial charge in [0.25, 0.3) is 5.91 Å². The maximum Gasteiger partial charge on any atom is 0.387 e. The number of imidazole rings is 1. The summed E-state index contributed by atoms with van der Waals surface area (Å²) in [5.41, 5.74) is 1.90. The number of carbonyl (C=O) groups is 1. The molecule has 1 N–H and O–H groups in total. The number of halogens is 2. The molecule has 0 spiro atoms. The Hall–Kier alpha value is -2.96. The van der Waals surface area contributed by atoms with Gasteiger partial charge in [-0.1, -0.05) is 12.1 Å². The van der Waals surface area contributed by atoms with Gasteiger partial charge in [-0.3, -0.25) is 4.79 Å². The van der Waals surface area contributed by atoms with E-state index >= 15 is 0 Å². The zero-order valence-corrected chi connectivity index (χ0v) is 12.8. The Labute approximate surface area is 136 Å². The van der Waals surface area contributed by atoms with Crippen LogP contribution in [0.3, 0.4) is 0 Å². The Morgan fingerprint density at radius 2 is 2.12 bits per heavy atom. The number of nitrogens with zero attached hydrogens (tertiary/aromatic N) is 2. The van der Waals surface area contributed by atoms with Gasteiger partial charge in [0, 0.05) is 18.6 Å². The zero-order valence-electron chi connectivity index (χ0n) is 12.8. The molecular formula is C17H15F2N3O2. The van der Waals surface area contributed by atoms with E-state index in [2.05, 4.69) is 15.0 Å². The number of hydrogen-bond acceptors (Lipinski definition) is 3. The van der Waals surface area contributed by atoms with Gasteiger partial charge in [0.15, 0.2) is 0 Å². The second-order valence-electron chi connectivity index (χ2n) is 5.26. The molecule has 0 aliphatic heterocycles. The van der Waals surface area contributed by atoms with E-state index in [1.807, 2.05) is 0 Å². The van der Waals surface area contributed by atoms with Gasteiger partial charge in [-0.2, -0.15) is 8.78 Å². The number of rotatable bonds is 5. The van der Waals surface area contributed by atoms with Gasteiger partial charge >= 0.3 is 6.61 Å². The van der Waals surface area contributed by atoms with Gasteiger partial charge in [0.1, 0.15) is 11.4 Å². The lowest BCUT2D eigenvalue weighted by Gasteiger charge is -2.15. The summed E-state index contributed by atoms with van der Waals surface area (Å²) in [6.45, 7) is -1.11. The molecule has 5 nitrogen and oxygen atoms in total. The third-order valence-electron chi connectivity index (χ3n) is 3.58. The molecule has 124 valence electrons. The predicted octanol–water partition coefficient (Wildman–Crippen LogP) is 3.43. The number of aromatic nitrogens is 2. The maximum absolute atomic E-state index is 12.4. The van der Waals surface area contributed by atoms with Crippen LogP contribution >= 0.6 is 0 Å². The molecule has 1 unspecified atom stereocenters. The minimum Gasteiger partial charge on any atom is -0.435 e. The van der Waals surface area contributed by atoms with E-state index in [-0.39, 0.29) is 17.7 Å². The van der Waals surface area contributed by atoms with E-state index in [1.54, 1.807) is 54.2 Å². The fraction of sp³-hybridized carbons (Fsp3) is 0.176. The average molecular weight is 331 g/mol. The monoisotopic (exact) mass is 331 g/mol. The average Bonchev–Trinajstić information content (AvgIpc) is 3.02. The van der Waals surface area contributed by atoms with E-state index in [0.29, 0.717) is 11.1 Å². The quantitative estimate of drug-likeness (QED) is 0.779. The van der Waals surface area contributed by atoms with E-state index < -0.39 is 6.61 Å². The van der Waals surface area contributed by atoms with Crippen molar-refractivity contribution in [3.05, 3.63) is 66.1 Å². The van der Waals surface area contributed by atoms with E-state index in [4.69, 9.17) is 0 Å². The third-order valence-corrected chi connectivity index (χ3v) is 3.58. The highest BCUT2D eigenvalue weighted by Crippen LogP contribution is 2.21. The largest absolute Gasteiger partial charge is 0.435 e. The van der Waals surface area contributed by atoms with Crippen LogP contribution in [0, 0.1) is 0 Å². The molecule has 2 aromatic heterocycles. The second kappa shape index (κ2) is 6.66. The first kappa shape index (κ1) is 15.9. The Kier molecular flexibility index (Phi) is 4.41. The molecule has 0 aliphatic rings. The first-order valence-electron chi connectivity index (χ1n) is 7.31. The van der Waals surface area contributed by atoms with Crippen LogP contribution in [0.1, 0.15) is 28.9 Å². The smallest absolute Gasteiger partial charge is 0.387 e. The summed E-state index contributed by atoms with van der Waals surface area (Å²) in [6, 6.07) is 9.33. The highest BCUT2D eigenvalue weighted by molar-refractivity contribution is 5.94. The molecule has 2 heterocycles. The molecule has 3 rings (SSSR count). The van der Waals surface area contributed by atoms with Crippen LogP contribution < -0.4 is 10.1 Å². The highest BCUT2D eigenvalue weighted by atomic mass is 19.3. The number of pyridine rings is 1. The first-order chi connectivity index (χ1) is 11.5. The normalized spacial score (nSPS) is 12.3. The zero-order chi connectivity index (χ0) is 17.1. The predicted molar refractivity (Wildman–Crippen MR) is 84.1 cm³/mol. The molecule has 0 bridgehead atoms. The number of benzene rings is 1. The van der Waals surface area contributed by atoms with Gasteiger partial charge in [0.05, 0.1) is 11.6 Å². The summed E-state index contributed by atoms with van der Waals surface area (Å²) in [6.07, 6.45) is 5.08. The van der Waals surface area contributed by atoms with Gasteiger partial charge < -0.3 is 14.5 Å². The van der Waals surface area contributed by atoms with Crippen LogP contribution in [0.25, 0.3) is 5.65 Å². The minimum atomic E-state index is -2.88. The van der Waals surface area contributed by atoms with Crippen LogP contribution in [0.2, 0.25) is 0 Å². The SMILES string of the molecule is CC(NC(=O)c1ccc2nccn2c1)c1cccc(OC(F)F)c1. The lowest BCUT2D eigenvalue weighted by Crippen LogP contribution is -2.26. The molecule has 1 atom stereocenters. The highest BCUT2D eigenvalue weighted by Gasteiger charge is 2.13. The molecule has 0 saturated heterocycles. The minimum absolute atomic E-state index is 0.0587. The van der Waals surface area contributed by atoms with Gasteiger partial charge in [0.2, 0.25) is 0 Å². The Balaban J connectivity index is 1.73. The topological polar surface area (TPSA) is 55.6 Å². The molecule has 7 heteroatoms. The number of carbonyl (C=O) groups excluding carboxylic acids is 1. The number of amides is 1. The third kappa shape index (κ3) is 3.51. The fourth-order valence-corrected chi connectivity index (χ4v) is 2.38. The summed E-state index contributed by atoms with van der Waals surface area (Å²) >= 11 is 0. The fourth-order valence-electron chi connectivity index (χ4n) is 2.38. The molecule has 0 fully saturated rings. The number of ether oxygens (including phenoxy) is 1. The van der Waals surface area contributed by atoms with Crippen molar-refractivity contribution in [3.63, 3.8) is 0 Å². The lowest BCUT2D eigenvalue weighted by molar-refractivity contribution is -0.0499. The molecule has 3 aromatic rings. The molecule has 1 aromatic carbocycles. The lowest BCUT2D eigenvalue weighted by atomic mass is 10.1.